The van der Waals surface area contributed by atoms with Gasteiger partial charge in [-0.05, 0) is 36.6 Å². The average molecular weight is 241 g/mol. The van der Waals surface area contributed by atoms with Crippen molar-refractivity contribution in [3.8, 4) is 0 Å². The number of aryl methyl sites for hydroxylation is 2. The fraction of sp³-hybridized carbons (Fsp3) is 0.455. The lowest BCUT2D eigenvalue weighted by Crippen LogP contribution is -1.98. The van der Waals surface area contributed by atoms with E-state index < -0.39 is 0 Å². The maximum Gasteiger partial charge on any atom is 0.0850 e. The zero-order valence-electron chi connectivity index (χ0n) is 7.93. The summed E-state index contributed by atoms with van der Waals surface area (Å²) in [6, 6.07) is 4.40. The molecule has 1 aromatic carbocycles. The molecule has 1 unspecified atom stereocenters. The van der Waals surface area contributed by atoms with Crippen molar-refractivity contribution in [1.82, 2.24) is 0 Å². The number of ether oxygens (including phenoxy) is 1. The fourth-order valence-electron chi connectivity index (χ4n) is 1.62. The van der Waals surface area contributed by atoms with Crippen LogP contribution in [0.2, 0.25) is 0 Å². The third kappa shape index (κ3) is 2.12. The van der Waals surface area contributed by atoms with Gasteiger partial charge in [-0.25, -0.2) is 0 Å². The molecule has 0 aliphatic carbocycles. The Hall–Kier alpha value is -0.340. The zero-order valence-corrected chi connectivity index (χ0v) is 9.52. The van der Waals surface area contributed by atoms with E-state index in [9.17, 15) is 0 Å². The molecule has 0 N–H and O–H groups in total. The second-order valence-electron chi connectivity index (χ2n) is 3.70. The van der Waals surface area contributed by atoms with Crippen LogP contribution >= 0.6 is 15.9 Å². The van der Waals surface area contributed by atoms with Crippen LogP contribution in [0.1, 0.15) is 16.7 Å². The molecule has 1 fully saturated rings. The minimum atomic E-state index is 0.470. The van der Waals surface area contributed by atoms with Crippen molar-refractivity contribution < 1.29 is 4.74 Å². The van der Waals surface area contributed by atoms with Gasteiger partial charge >= 0.3 is 0 Å². The molecule has 1 atom stereocenters. The summed E-state index contributed by atoms with van der Waals surface area (Å²) in [5.41, 5.74) is 4.07. The van der Waals surface area contributed by atoms with E-state index in [1.807, 2.05) is 0 Å². The maximum absolute atomic E-state index is 5.23. The first kappa shape index (κ1) is 9.22. The molecule has 2 rings (SSSR count). The van der Waals surface area contributed by atoms with Crippen molar-refractivity contribution in [2.45, 2.75) is 26.4 Å². The monoisotopic (exact) mass is 240 g/mol. The molecule has 1 aromatic rings. The summed E-state index contributed by atoms with van der Waals surface area (Å²) in [6.07, 6.45) is 1.52. The molecule has 1 saturated heterocycles. The van der Waals surface area contributed by atoms with E-state index in [4.69, 9.17) is 4.74 Å². The number of benzene rings is 1. The number of epoxide rings is 1. The van der Waals surface area contributed by atoms with Gasteiger partial charge in [-0.3, -0.25) is 0 Å². The molecular formula is C11H13BrO. The summed E-state index contributed by atoms with van der Waals surface area (Å²) < 4.78 is 6.45. The molecule has 2 heteroatoms. The van der Waals surface area contributed by atoms with Crippen LogP contribution in [0.3, 0.4) is 0 Å². The molecule has 0 bridgehead atoms. The SMILES string of the molecule is Cc1cc(C)c(CC2CO2)c(Br)c1. The standard InChI is InChI=1S/C11H13BrO/c1-7-3-8(2)10(11(12)4-7)5-9-6-13-9/h3-4,9H,5-6H2,1-2H3. The van der Waals surface area contributed by atoms with Gasteiger partial charge in [0, 0.05) is 10.9 Å². The van der Waals surface area contributed by atoms with Crippen LogP contribution < -0.4 is 0 Å². The highest BCUT2D eigenvalue weighted by Crippen LogP contribution is 2.27. The van der Waals surface area contributed by atoms with Gasteiger partial charge < -0.3 is 4.74 Å². The summed E-state index contributed by atoms with van der Waals surface area (Å²) in [5.74, 6) is 0. The highest BCUT2D eigenvalue weighted by molar-refractivity contribution is 9.10. The Morgan fingerprint density at radius 1 is 1.46 bits per heavy atom. The summed E-state index contributed by atoms with van der Waals surface area (Å²) in [5, 5.41) is 0. The van der Waals surface area contributed by atoms with Crippen molar-refractivity contribution in [2.24, 2.45) is 0 Å². The second-order valence-corrected chi connectivity index (χ2v) is 4.56. The first-order valence-corrected chi connectivity index (χ1v) is 5.33. The molecule has 1 aliphatic heterocycles. The number of hydrogen-bond donors (Lipinski definition) is 0. The molecule has 1 heterocycles. The van der Waals surface area contributed by atoms with Crippen molar-refractivity contribution in [3.63, 3.8) is 0 Å². The molecule has 0 amide bonds. The lowest BCUT2D eigenvalue weighted by Gasteiger charge is -2.08. The lowest BCUT2D eigenvalue weighted by atomic mass is 10.0. The summed E-state index contributed by atoms with van der Waals surface area (Å²) in [6.45, 7) is 5.21. The van der Waals surface area contributed by atoms with E-state index in [1.54, 1.807) is 0 Å². The molecular weight excluding hydrogens is 228 g/mol. The Balaban J connectivity index is 2.31. The first-order valence-electron chi connectivity index (χ1n) is 4.54. The highest BCUT2D eigenvalue weighted by Gasteiger charge is 2.24. The third-order valence-corrected chi connectivity index (χ3v) is 3.10. The minimum absolute atomic E-state index is 0.470. The number of halogens is 1. The highest BCUT2D eigenvalue weighted by atomic mass is 79.9. The third-order valence-electron chi connectivity index (χ3n) is 2.40. The largest absolute Gasteiger partial charge is 0.373 e. The van der Waals surface area contributed by atoms with E-state index in [1.165, 1.54) is 21.2 Å². The van der Waals surface area contributed by atoms with E-state index in [0.717, 1.165) is 13.0 Å². The van der Waals surface area contributed by atoms with Crippen molar-refractivity contribution >= 4 is 15.9 Å². The van der Waals surface area contributed by atoms with Gasteiger partial charge in [-0.2, -0.15) is 0 Å². The van der Waals surface area contributed by atoms with Crippen molar-refractivity contribution in [3.05, 3.63) is 33.3 Å². The molecule has 13 heavy (non-hydrogen) atoms. The summed E-state index contributed by atoms with van der Waals surface area (Å²) in [4.78, 5) is 0. The number of hydrogen-bond acceptors (Lipinski definition) is 1. The van der Waals surface area contributed by atoms with E-state index in [2.05, 4.69) is 41.9 Å². The molecule has 1 nitrogen and oxygen atoms in total. The summed E-state index contributed by atoms with van der Waals surface area (Å²) >= 11 is 3.60. The maximum atomic E-state index is 5.23. The topological polar surface area (TPSA) is 12.5 Å². The molecule has 1 aliphatic rings. The minimum Gasteiger partial charge on any atom is -0.373 e. The first-order chi connectivity index (χ1) is 6.16. The Morgan fingerprint density at radius 3 is 2.69 bits per heavy atom. The summed E-state index contributed by atoms with van der Waals surface area (Å²) in [7, 11) is 0. The molecule has 0 spiro atoms. The average Bonchev–Trinajstić information content (AvgIpc) is 2.79. The predicted octanol–water partition coefficient (Wildman–Crippen LogP) is 3.01. The Kier molecular flexibility index (Phi) is 2.43. The van der Waals surface area contributed by atoms with Crippen molar-refractivity contribution in [1.29, 1.82) is 0 Å². The molecule has 0 aromatic heterocycles. The predicted molar refractivity (Wildman–Crippen MR) is 57.1 cm³/mol. The van der Waals surface area contributed by atoms with E-state index >= 15 is 0 Å². The van der Waals surface area contributed by atoms with Crippen molar-refractivity contribution in [2.75, 3.05) is 6.61 Å². The fourth-order valence-corrected chi connectivity index (χ4v) is 2.45. The second kappa shape index (κ2) is 3.43. The lowest BCUT2D eigenvalue weighted by molar-refractivity contribution is 0.407. The van der Waals surface area contributed by atoms with Crippen LogP contribution in [-0.4, -0.2) is 12.7 Å². The van der Waals surface area contributed by atoms with Gasteiger partial charge in [0.25, 0.3) is 0 Å². The van der Waals surface area contributed by atoms with Gasteiger partial charge in [0.2, 0.25) is 0 Å². The van der Waals surface area contributed by atoms with Gasteiger partial charge in [-0.15, -0.1) is 0 Å². The van der Waals surface area contributed by atoms with Gasteiger partial charge in [0.15, 0.2) is 0 Å². The van der Waals surface area contributed by atoms with Crippen LogP contribution in [0, 0.1) is 13.8 Å². The molecule has 0 saturated carbocycles. The number of rotatable bonds is 2. The Labute approximate surface area is 87.2 Å². The normalized spacial score (nSPS) is 20.4. The van der Waals surface area contributed by atoms with Gasteiger partial charge in [-0.1, -0.05) is 22.0 Å². The van der Waals surface area contributed by atoms with E-state index in [0.29, 0.717) is 6.10 Å². The van der Waals surface area contributed by atoms with Crippen LogP contribution in [0.5, 0.6) is 0 Å². The molecule has 70 valence electrons. The van der Waals surface area contributed by atoms with Crippen LogP contribution in [0.4, 0.5) is 0 Å². The molecule has 0 radical (unpaired) electrons. The zero-order chi connectivity index (χ0) is 9.42. The Morgan fingerprint density at radius 2 is 2.15 bits per heavy atom. The van der Waals surface area contributed by atoms with Gasteiger partial charge in [0.05, 0.1) is 12.7 Å². The smallest absolute Gasteiger partial charge is 0.0850 e. The van der Waals surface area contributed by atoms with Gasteiger partial charge in [0.1, 0.15) is 0 Å². The van der Waals surface area contributed by atoms with E-state index in [-0.39, 0.29) is 0 Å². The Bertz CT molecular complexity index is 306. The van der Waals surface area contributed by atoms with Crippen LogP contribution in [0.15, 0.2) is 16.6 Å². The quantitative estimate of drug-likeness (QED) is 0.725. The van der Waals surface area contributed by atoms with Crippen LogP contribution in [0.25, 0.3) is 0 Å². The van der Waals surface area contributed by atoms with Crippen LogP contribution in [-0.2, 0) is 11.2 Å².